The summed E-state index contributed by atoms with van der Waals surface area (Å²) >= 11 is 0. The van der Waals surface area contributed by atoms with Gasteiger partial charge in [-0.25, -0.2) is 0 Å². The summed E-state index contributed by atoms with van der Waals surface area (Å²) in [5.74, 6) is 5.16. The van der Waals surface area contributed by atoms with Crippen molar-refractivity contribution in [2.24, 2.45) is 58.2 Å². The van der Waals surface area contributed by atoms with Crippen LogP contribution in [0.4, 0.5) is 0 Å². The first-order valence-electron chi connectivity index (χ1n) is 13.0. The molecule has 0 heterocycles. The molecule has 168 valence electrons. The van der Waals surface area contributed by atoms with E-state index in [-0.39, 0.29) is 12.2 Å². The molecule has 2 heteroatoms. The van der Waals surface area contributed by atoms with Gasteiger partial charge in [0.05, 0.1) is 12.2 Å². The normalized spacial score (nSPS) is 53.3. The molecule has 0 spiro atoms. The van der Waals surface area contributed by atoms with Gasteiger partial charge in [0, 0.05) is 0 Å². The van der Waals surface area contributed by atoms with Crippen LogP contribution in [0.15, 0.2) is 0 Å². The molecule has 0 aliphatic heterocycles. The van der Waals surface area contributed by atoms with Gasteiger partial charge in [0.25, 0.3) is 0 Å². The van der Waals surface area contributed by atoms with Crippen LogP contribution in [0.3, 0.4) is 0 Å². The summed E-state index contributed by atoms with van der Waals surface area (Å²) in [4.78, 5) is 0. The lowest BCUT2D eigenvalue weighted by molar-refractivity contribution is -0.203. The number of aliphatic hydroxyl groups is 2. The van der Waals surface area contributed by atoms with E-state index in [1.807, 2.05) is 0 Å². The highest BCUT2D eigenvalue weighted by molar-refractivity contribution is 5.13. The molecule has 4 rings (SSSR count). The van der Waals surface area contributed by atoms with Crippen molar-refractivity contribution < 1.29 is 10.2 Å². The van der Waals surface area contributed by atoms with Crippen molar-refractivity contribution in [2.75, 3.05) is 0 Å². The maximum Gasteiger partial charge on any atom is 0.0605 e. The van der Waals surface area contributed by atoms with Crippen LogP contribution in [0, 0.1) is 58.2 Å². The molecule has 0 radical (unpaired) electrons. The fourth-order valence-electron chi connectivity index (χ4n) is 9.84. The summed E-state index contributed by atoms with van der Waals surface area (Å²) < 4.78 is 0. The minimum atomic E-state index is -0.155. The molecule has 4 fully saturated rings. The molecule has 4 aliphatic carbocycles. The summed E-state index contributed by atoms with van der Waals surface area (Å²) in [5.41, 5.74) is 0.749. The van der Waals surface area contributed by atoms with Crippen molar-refractivity contribution in [1.29, 1.82) is 0 Å². The molecule has 4 aliphatic rings. The summed E-state index contributed by atoms with van der Waals surface area (Å²) in [7, 11) is 0. The van der Waals surface area contributed by atoms with Gasteiger partial charge >= 0.3 is 0 Å². The van der Waals surface area contributed by atoms with E-state index < -0.39 is 0 Å². The monoisotopic (exact) mass is 404 g/mol. The fraction of sp³-hybridized carbons (Fsp3) is 1.00. The molecule has 0 aromatic heterocycles. The van der Waals surface area contributed by atoms with Gasteiger partial charge in [-0.1, -0.05) is 48.0 Å². The second-order valence-electron chi connectivity index (χ2n) is 12.7. The number of fused-ring (bicyclic) bond motifs is 5. The highest BCUT2D eigenvalue weighted by Crippen LogP contribution is 2.69. The number of hydrogen-bond donors (Lipinski definition) is 2. The van der Waals surface area contributed by atoms with E-state index in [9.17, 15) is 10.2 Å². The molecule has 0 aromatic carbocycles. The molecule has 0 saturated heterocycles. The molecule has 0 bridgehead atoms. The summed E-state index contributed by atoms with van der Waals surface area (Å²) in [6.07, 6.45) is 10.5. The summed E-state index contributed by atoms with van der Waals surface area (Å²) in [5, 5.41) is 22.2. The smallest absolute Gasteiger partial charge is 0.0605 e. The van der Waals surface area contributed by atoms with Gasteiger partial charge in [-0.2, -0.15) is 0 Å². The van der Waals surface area contributed by atoms with Gasteiger partial charge in [-0.05, 0) is 110 Å². The Morgan fingerprint density at radius 3 is 2.17 bits per heavy atom. The maximum absolute atomic E-state index is 11.8. The van der Waals surface area contributed by atoms with E-state index >= 15 is 0 Å². The zero-order chi connectivity index (χ0) is 21.1. The van der Waals surface area contributed by atoms with E-state index in [4.69, 9.17) is 0 Å². The Kier molecular flexibility index (Phi) is 5.95. The Labute approximate surface area is 180 Å². The first-order valence-corrected chi connectivity index (χ1v) is 13.0. The van der Waals surface area contributed by atoms with E-state index in [0.29, 0.717) is 40.4 Å². The molecule has 29 heavy (non-hydrogen) atoms. The highest BCUT2D eigenvalue weighted by Gasteiger charge is 2.64. The zero-order valence-corrected chi connectivity index (χ0v) is 20.0. The van der Waals surface area contributed by atoms with Gasteiger partial charge < -0.3 is 10.2 Å². The second kappa shape index (κ2) is 7.80. The Hall–Kier alpha value is -0.0800. The van der Waals surface area contributed by atoms with Crippen molar-refractivity contribution in [3.63, 3.8) is 0 Å². The third-order valence-electron chi connectivity index (χ3n) is 11.0. The van der Waals surface area contributed by atoms with E-state index in [1.54, 1.807) is 0 Å². The third kappa shape index (κ3) is 3.34. The van der Waals surface area contributed by atoms with E-state index in [1.165, 1.54) is 38.5 Å². The van der Waals surface area contributed by atoms with Gasteiger partial charge in [0.15, 0.2) is 0 Å². The minimum absolute atomic E-state index is 0.146. The molecular formula is C27H48O2. The third-order valence-corrected chi connectivity index (χ3v) is 11.0. The molecule has 4 unspecified atom stereocenters. The van der Waals surface area contributed by atoms with Gasteiger partial charge in [-0.3, -0.25) is 0 Å². The molecule has 2 N–H and O–H groups in total. The molecule has 11 atom stereocenters. The minimum Gasteiger partial charge on any atom is -0.393 e. The average molecular weight is 405 g/mol. The average Bonchev–Trinajstić information content (AvgIpc) is 3.00. The van der Waals surface area contributed by atoms with Crippen LogP contribution in [-0.2, 0) is 0 Å². The van der Waals surface area contributed by atoms with Crippen LogP contribution >= 0.6 is 0 Å². The van der Waals surface area contributed by atoms with Crippen molar-refractivity contribution in [3.8, 4) is 0 Å². The fourth-order valence-corrected chi connectivity index (χ4v) is 9.84. The second-order valence-corrected chi connectivity index (χ2v) is 12.7. The predicted molar refractivity (Wildman–Crippen MR) is 120 cm³/mol. The topological polar surface area (TPSA) is 40.5 Å². The Morgan fingerprint density at radius 2 is 1.52 bits per heavy atom. The highest BCUT2D eigenvalue weighted by atomic mass is 16.3. The van der Waals surface area contributed by atoms with Crippen LogP contribution in [-0.4, -0.2) is 22.4 Å². The number of hydrogen-bond acceptors (Lipinski definition) is 2. The molecule has 4 saturated carbocycles. The first kappa shape index (κ1) is 22.1. The standard InChI is InChI=1S/C27H48O2/c1-7-19-23-15-18(28)10-12-27(23,6)22-11-13-26(5)20(17(4)14-16(2)3)8-9-21(26)24(22)25(19)29/h16-25,28-29H,7-15H2,1-6H3/t17?,18-,19-,20-,21?,22?,23+,24?,25-,26-,27-/m1/s1. The van der Waals surface area contributed by atoms with Crippen LogP contribution in [0.5, 0.6) is 0 Å². The summed E-state index contributed by atoms with van der Waals surface area (Å²) in [6, 6.07) is 0. The quantitative estimate of drug-likeness (QED) is 0.577. The Bertz CT molecular complexity index is 587. The van der Waals surface area contributed by atoms with Gasteiger partial charge in [0.1, 0.15) is 0 Å². The molecule has 0 aromatic rings. The molecule has 2 nitrogen and oxygen atoms in total. The van der Waals surface area contributed by atoms with E-state index in [0.717, 1.165) is 37.0 Å². The first-order chi connectivity index (χ1) is 13.6. The SMILES string of the molecule is CC[C@H]1[C@@H](O)C2C3CC[C@H](C(C)CC(C)C)[C@@]3(C)CCC2[C@@]2(C)CC[C@@H](O)C[C@@H]12. The lowest BCUT2D eigenvalue weighted by Gasteiger charge is -2.64. The lowest BCUT2D eigenvalue weighted by Crippen LogP contribution is -2.62. The van der Waals surface area contributed by atoms with Crippen molar-refractivity contribution in [2.45, 2.75) is 112 Å². The number of rotatable bonds is 4. The molecular weight excluding hydrogens is 356 g/mol. The molecule has 0 amide bonds. The number of aliphatic hydroxyl groups excluding tert-OH is 2. The Morgan fingerprint density at radius 1 is 0.862 bits per heavy atom. The van der Waals surface area contributed by atoms with Gasteiger partial charge in [0.2, 0.25) is 0 Å². The van der Waals surface area contributed by atoms with Crippen LogP contribution in [0.25, 0.3) is 0 Å². The lowest BCUT2D eigenvalue weighted by atomic mass is 9.41. The van der Waals surface area contributed by atoms with Crippen molar-refractivity contribution in [1.82, 2.24) is 0 Å². The van der Waals surface area contributed by atoms with E-state index in [2.05, 4.69) is 41.5 Å². The van der Waals surface area contributed by atoms with Crippen molar-refractivity contribution >= 4 is 0 Å². The predicted octanol–water partition coefficient (Wildman–Crippen LogP) is 6.30. The van der Waals surface area contributed by atoms with Crippen LogP contribution < -0.4 is 0 Å². The summed E-state index contributed by atoms with van der Waals surface area (Å²) in [6.45, 7) is 14.7. The van der Waals surface area contributed by atoms with Crippen molar-refractivity contribution in [3.05, 3.63) is 0 Å². The zero-order valence-electron chi connectivity index (χ0n) is 20.0. The van der Waals surface area contributed by atoms with Crippen LogP contribution in [0.1, 0.15) is 99.3 Å². The Balaban J connectivity index is 1.65. The maximum atomic E-state index is 11.8. The van der Waals surface area contributed by atoms with Crippen LogP contribution in [0.2, 0.25) is 0 Å². The van der Waals surface area contributed by atoms with Gasteiger partial charge in [-0.15, -0.1) is 0 Å². The largest absolute Gasteiger partial charge is 0.393 e.